The van der Waals surface area contributed by atoms with Crippen LogP contribution in [0.25, 0.3) is 0 Å². The molecule has 1 fully saturated rings. The third-order valence-corrected chi connectivity index (χ3v) is 3.63. The van der Waals surface area contributed by atoms with E-state index in [1.807, 2.05) is 13.8 Å². The van der Waals surface area contributed by atoms with Crippen LogP contribution in [0.2, 0.25) is 0 Å². The Kier molecular flexibility index (Phi) is 8.18. The molecular formula is C17H30N2O5. The van der Waals surface area contributed by atoms with Crippen LogP contribution in [-0.4, -0.2) is 49.2 Å². The van der Waals surface area contributed by atoms with Crippen LogP contribution < -0.4 is 10.6 Å². The average molecular weight is 342 g/mol. The predicted molar refractivity (Wildman–Crippen MR) is 89.1 cm³/mol. The van der Waals surface area contributed by atoms with Gasteiger partial charge in [0.15, 0.2) is 12.2 Å². The van der Waals surface area contributed by atoms with Crippen molar-refractivity contribution in [2.75, 3.05) is 13.2 Å². The number of carbonyl (C=O) groups excluding carboxylic acids is 3. The molecule has 2 amide bonds. The van der Waals surface area contributed by atoms with Crippen LogP contribution in [0.3, 0.4) is 0 Å². The minimum atomic E-state index is -0.859. The Morgan fingerprint density at radius 2 is 1.75 bits per heavy atom. The van der Waals surface area contributed by atoms with Gasteiger partial charge in [0.1, 0.15) is 6.04 Å². The minimum Gasteiger partial charge on any atom is -0.464 e. The number of epoxide rings is 1. The van der Waals surface area contributed by atoms with E-state index in [1.165, 1.54) is 0 Å². The number of ether oxygens (including phenoxy) is 2. The molecule has 1 saturated heterocycles. The van der Waals surface area contributed by atoms with Gasteiger partial charge in [0.25, 0.3) is 5.91 Å². The average Bonchev–Trinajstić information content (AvgIpc) is 3.26. The Labute approximate surface area is 143 Å². The molecule has 7 heteroatoms. The van der Waals surface area contributed by atoms with Gasteiger partial charge in [-0.05, 0) is 31.6 Å². The Balaban J connectivity index is 2.52. The lowest BCUT2D eigenvalue weighted by molar-refractivity contribution is -0.144. The fourth-order valence-corrected chi connectivity index (χ4v) is 2.28. The zero-order valence-electron chi connectivity index (χ0n) is 15.3. The Morgan fingerprint density at radius 1 is 1.08 bits per heavy atom. The topological polar surface area (TPSA) is 97.0 Å². The van der Waals surface area contributed by atoms with Gasteiger partial charge >= 0.3 is 5.97 Å². The van der Waals surface area contributed by atoms with Crippen molar-refractivity contribution in [3.63, 3.8) is 0 Å². The van der Waals surface area contributed by atoms with Gasteiger partial charge < -0.3 is 20.1 Å². The maximum Gasteiger partial charge on any atom is 0.338 e. The first kappa shape index (κ1) is 20.4. The highest BCUT2D eigenvalue weighted by Crippen LogP contribution is 2.24. The van der Waals surface area contributed by atoms with Crippen molar-refractivity contribution in [1.29, 1.82) is 0 Å². The quantitative estimate of drug-likeness (QED) is 0.456. The van der Waals surface area contributed by atoms with Crippen LogP contribution in [0.15, 0.2) is 0 Å². The predicted octanol–water partition coefficient (Wildman–Crippen LogP) is 1.01. The first-order chi connectivity index (χ1) is 11.3. The van der Waals surface area contributed by atoms with E-state index in [0.29, 0.717) is 18.9 Å². The van der Waals surface area contributed by atoms with E-state index < -0.39 is 30.1 Å². The van der Waals surface area contributed by atoms with E-state index in [9.17, 15) is 14.4 Å². The molecular weight excluding hydrogens is 312 g/mol. The van der Waals surface area contributed by atoms with Crippen molar-refractivity contribution in [1.82, 2.24) is 10.6 Å². The molecule has 3 atom stereocenters. The van der Waals surface area contributed by atoms with Crippen molar-refractivity contribution in [3.05, 3.63) is 0 Å². The van der Waals surface area contributed by atoms with Crippen LogP contribution in [0.1, 0.15) is 47.5 Å². The zero-order chi connectivity index (χ0) is 18.3. The first-order valence-electron chi connectivity index (χ1n) is 8.66. The van der Waals surface area contributed by atoms with Crippen LogP contribution >= 0.6 is 0 Å². The summed E-state index contributed by atoms with van der Waals surface area (Å²) in [5.41, 5.74) is 0. The van der Waals surface area contributed by atoms with Crippen molar-refractivity contribution in [3.8, 4) is 0 Å². The van der Waals surface area contributed by atoms with Crippen LogP contribution in [0, 0.1) is 11.8 Å². The fourth-order valence-electron chi connectivity index (χ4n) is 2.28. The molecule has 1 heterocycles. The summed E-state index contributed by atoms with van der Waals surface area (Å²) >= 11 is 0. The lowest BCUT2D eigenvalue weighted by Gasteiger charge is -2.20. The Hall–Kier alpha value is -1.63. The summed E-state index contributed by atoms with van der Waals surface area (Å²) in [4.78, 5) is 36.0. The highest BCUT2D eigenvalue weighted by atomic mass is 16.6. The molecule has 2 N–H and O–H groups in total. The van der Waals surface area contributed by atoms with Crippen molar-refractivity contribution >= 4 is 17.8 Å². The molecule has 0 radical (unpaired) electrons. The van der Waals surface area contributed by atoms with Gasteiger partial charge in [-0.3, -0.25) is 9.59 Å². The molecule has 0 aromatic carbocycles. The van der Waals surface area contributed by atoms with E-state index in [0.717, 1.165) is 6.42 Å². The molecule has 0 aromatic heterocycles. The maximum atomic E-state index is 12.3. The van der Waals surface area contributed by atoms with E-state index in [1.54, 1.807) is 6.92 Å². The van der Waals surface area contributed by atoms with Crippen molar-refractivity contribution < 1.29 is 23.9 Å². The van der Waals surface area contributed by atoms with Gasteiger partial charge in [-0.25, -0.2) is 4.79 Å². The van der Waals surface area contributed by atoms with Gasteiger partial charge in [0.2, 0.25) is 5.91 Å². The molecule has 24 heavy (non-hydrogen) atoms. The van der Waals surface area contributed by atoms with E-state index in [2.05, 4.69) is 24.5 Å². The molecule has 0 spiro atoms. The molecule has 0 aliphatic carbocycles. The van der Waals surface area contributed by atoms with E-state index in [4.69, 9.17) is 9.47 Å². The third kappa shape index (κ3) is 6.86. The standard InChI is InChI=1S/C17H30N2O5/c1-6-23-17(22)14-13(24-14)16(21)19-12(9-11(4)5)15(20)18-8-7-10(2)3/h10-14H,6-9H2,1-5H3,(H,18,20)(H,19,21)/t12-,13+,14+/m1/s1. The summed E-state index contributed by atoms with van der Waals surface area (Å²) in [6, 6.07) is -0.628. The third-order valence-electron chi connectivity index (χ3n) is 3.63. The SMILES string of the molecule is CCOC(=O)[C@H]1O[C@@H]1C(=O)N[C@H](CC(C)C)C(=O)NCCC(C)C. The number of nitrogens with one attached hydrogen (secondary N) is 2. The van der Waals surface area contributed by atoms with Gasteiger partial charge in [-0.1, -0.05) is 27.7 Å². The Morgan fingerprint density at radius 3 is 2.29 bits per heavy atom. The summed E-state index contributed by atoms with van der Waals surface area (Å²) in [6.45, 7) is 10.6. The van der Waals surface area contributed by atoms with Crippen molar-refractivity contribution in [2.24, 2.45) is 11.8 Å². The van der Waals surface area contributed by atoms with Crippen LogP contribution in [0.5, 0.6) is 0 Å². The molecule has 0 unspecified atom stereocenters. The van der Waals surface area contributed by atoms with Gasteiger partial charge in [-0.2, -0.15) is 0 Å². The number of esters is 1. The molecule has 0 aromatic rings. The van der Waals surface area contributed by atoms with Gasteiger partial charge in [0.05, 0.1) is 6.61 Å². The largest absolute Gasteiger partial charge is 0.464 e. The summed E-state index contributed by atoms with van der Waals surface area (Å²) < 4.78 is 9.89. The molecule has 0 bridgehead atoms. The number of rotatable bonds is 10. The second-order valence-corrected chi connectivity index (χ2v) is 6.89. The summed E-state index contributed by atoms with van der Waals surface area (Å²) in [5, 5.41) is 5.54. The first-order valence-corrected chi connectivity index (χ1v) is 8.66. The highest BCUT2D eigenvalue weighted by Gasteiger charge is 2.52. The minimum absolute atomic E-state index is 0.203. The number of hydrogen-bond acceptors (Lipinski definition) is 5. The van der Waals surface area contributed by atoms with Crippen LogP contribution in [-0.2, 0) is 23.9 Å². The van der Waals surface area contributed by atoms with Crippen molar-refractivity contribution in [2.45, 2.75) is 65.7 Å². The second kappa shape index (κ2) is 9.61. The lowest BCUT2D eigenvalue weighted by atomic mass is 10.0. The van der Waals surface area contributed by atoms with Crippen LogP contribution in [0.4, 0.5) is 0 Å². The highest BCUT2D eigenvalue weighted by molar-refractivity contribution is 5.95. The fraction of sp³-hybridized carbons (Fsp3) is 0.824. The lowest BCUT2D eigenvalue weighted by Crippen LogP contribution is -2.49. The summed E-state index contributed by atoms with van der Waals surface area (Å²) in [7, 11) is 0. The van der Waals surface area contributed by atoms with E-state index in [-0.39, 0.29) is 18.4 Å². The summed E-state index contributed by atoms with van der Waals surface area (Å²) in [6.07, 6.45) is -0.309. The molecule has 0 saturated carbocycles. The monoisotopic (exact) mass is 342 g/mol. The molecule has 1 rings (SSSR count). The van der Waals surface area contributed by atoms with E-state index >= 15 is 0 Å². The zero-order valence-corrected chi connectivity index (χ0v) is 15.3. The number of amides is 2. The van der Waals surface area contributed by atoms with Gasteiger partial charge in [0, 0.05) is 6.54 Å². The van der Waals surface area contributed by atoms with Gasteiger partial charge in [-0.15, -0.1) is 0 Å². The molecule has 138 valence electrons. The molecule has 7 nitrogen and oxygen atoms in total. The normalized spacial score (nSPS) is 20.6. The molecule has 1 aliphatic heterocycles. The molecule has 1 aliphatic rings. The maximum absolute atomic E-state index is 12.3. The summed E-state index contributed by atoms with van der Waals surface area (Å²) in [5.74, 6) is -0.455. The number of hydrogen-bond donors (Lipinski definition) is 2. The number of carbonyl (C=O) groups is 3. The second-order valence-electron chi connectivity index (χ2n) is 6.89. The Bertz CT molecular complexity index is 450. The smallest absolute Gasteiger partial charge is 0.338 e.